The van der Waals surface area contributed by atoms with Crippen molar-refractivity contribution < 1.29 is 18.4 Å². The molecule has 0 aliphatic carbocycles. The van der Waals surface area contributed by atoms with E-state index in [1.165, 1.54) is 19.2 Å². The highest BCUT2D eigenvalue weighted by molar-refractivity contribution is 7.89. The van der Waals surface area contributed by atoms with Crippen molar-refractivity contribution in [2.24, 2.45) is 0 Å². The lowest BCUT2D eigenvalue weighted by Gasteiger charge is -2.37. The van der Waals surface area contributed by atoms with E-state index in [-0.39, 0.29) is 16.3 Å². The van der Waals surface area contributed by atoms with Crippen molar-refractivity contribution in [1.29, 1.82) is 0 Å². The molecule has 9 nitrogen and oxygen atoms in total. The van der Waals surface area contributed by atoms with E-state index in [2.05, 4.69) is 4.72 Å². The van der Waals surface area contributed by atoms with Crippen LogP contribution in [0, 0.1) is 10.1 Å². The number of aromatic hydroxyl groups is 1. The molecule has 0 amide bonds. The van der Waals surface area contributed by atoms with Gasteiger partial charge in [0.05, 0.1) is 15.5 Å². The molecule has 1 aliphatic rings. The Morgan fingerprint density at radius 2 is 1.63 bits per heavy atom. The first-order chi connectivity index (χ1) is 12.8. The first kappa shape index (κ1) is 18.9. The van der Waals surface area contributed by atoms with Crippen LogP contribution in [-0.4, -0.2) is 51.7 Å². The Balaban J connectivity index is 1.84. The fourth-order valence-corrected chi connectivity index (χ4v) is 3.87. The van der Waals surface area contributed by atoms with Crippen LogP contribution in [-0.2, 0) is 10.0 Å². The second-order valence-corrected chi connectivity index (χ2v) is 7.96. The Labute approximate surface area is 157 Å². The molecule has 1 saturated heterocycles. The molecule has 0 bridgehead atoms. The number of phenolic OH excluding ortho intramolecular Hbond substituents is 1. The number of nitrogens with zero attached hydrogens (tertiary/aromatic N) is 3. The molecule has 2 N–H and O–H groups in total. The average Bonchev–Trinajstić information content (AvgIpc) is 2.68. The van der Waals surface area contributed by atoms with Gasteiger partial charge in [-0.05, 0) is 31.3 Å². The maximum Gasteiger partial charge on any atom is 0.293 e. The van der Waals surface area contributed by atoms with Crippen LogP contribution in [0.2, 0.25) is 0 Å². The topological polar surface area (TPSA) is 116 Å². The number of rotatable bonds is 5. The quantitative estimate of drug-likeness (QED) is 0.585. The number of para-hydroxylation sites is 2. The number of nitro groups is 1. The molecule has 10 heteroatoms. The Hall–Kier alpha value is -2.85. The maximum atomic E-state index is 11.9. The number of piperazine rings is 1. The van der Waals surface area contributed by atoms with E-state index >= 15 is 0 Å². The maximum absolute atomic E-state index is 11.9. The van der Waals surface area contributed by atoms with Crippen LogP contribution in [0.3, 0.4) is 0 Å². The number of nitro benzene ring substituents is 1. The van der Waals surface area contributed by atoms with Gasteiger partial charge in [-0.1, -0.05) is 12.1 Å². The molecule has 0 atom stereocenters. The van der Waals surface area contributed by atoms with Gasteiger partial charge in [0.25, 0.3) is 5.69 Å². The summed E-state index contributed by atoms with van der Waals surface area (Å²) in [4.78, 5) is 14.6. The van der Waals surface area contributed by atoms with Crippen molar-refractivity contribution in [1.82, 2.24) is 4.72 Å². The first-order valence-electron chi connectivity index (χ1n) is 8.33. The van der Waals surface area contributed by atoms with Gasteiger partial charge >= 0.3 is 0 Å². The summed E-state index contributed by atoms with van der Waals surface area (Å²) < 4.78 is 26.0. The smallest absolute Gasteiger partial charge is 0.293 e. The minimum atomic E-state index is -3.76. The molecule has 0 saturated carbocycles. The molecule has 2 aromatic carbocycles. The van der Waals surface area contributed by atoms with Crippen LogP contribution >= 0.6 is 0 Å². The summed E-state index contributed by atoms with van der Waals surface area (Å²) in [7, 11) is -2.50. The van der Waals surface area contributed by atoms with Gasteiger partial charge in [-0.3, -0.25) is 10.1 Å². The Bertz CT molecular complexity index is 956. The van der Waals surface area contributed by atoms with Gasteiger partial charge in [-0.2, -0.15) is 0 Å². The minimum absolute atomic E-state index is 0.145. The zero-order valence-electron chi connectivity index (χ0n) is 14.7. The van der Waals surface area contributed by atoms with Gasteiger partial charge in [0.15, 0.2) is 0 Å². The van der Waals surface area contributed by atoms with Crippen molar-refractivity contribution in [3.8, 4) is 5.75 Å². The summed E-state index contributed by atoms with van der Waals surface area (Å²) in [6.07, 6.45) is 0. The molecule has 1 fully saturated rings. The molecule has 0 spiro atoms. The molecule has 0 radical (unpaired) electrons. The standard InChI is InChI=1S/C17H20N4O5S/c1-18-27(25,26)13-6-7-14(16(12-13)21(23)24)19-8-10-20(11-9-19)15-4-2-3-5-17(15)22/h2-7,12,18,22H,8-11H2,1H3. The molecule has 144 valence electrons. The number of nitrogens with one attached hydrogen (secondary N) is 1. The molecule has 27 heavy (non-hydrogen) atoms. The number of phenols is 1. The number of sulfonamides is 1. The van der Waals surface area contributed by atoms with Crippen LogP contribution in [0.25, 0.3) is 0 Å². The zero-order valence-corrected chi connectivity index (χ0v) is 15.5. The highest BCUT2D eigenvalue weighted by Gasteiger charge is 2.26. The van der Waals surface area contributed by atoms with E-state index < -0.39 is 14.9 Å². The van der Waals surface area contributed by atoms with E-state index in [0.717, 1.165) is 11.8 Å². The third kappa shape index (κ3) is 3.81. The van der Waals surface area contributed by atoms with E-state index in [1.54, 1.807) is 12.1 Å². The van der Waals surface area contributed by atoms with Crippen molar-refractivity contribution in [3.05, 3.63) is 52.6 Å². The van der Waals surface area contributed by atoms with Crippen LogP contribution in [0.15, 0.2) is 47.4 Å². The highest BCUT2D eigenvalue weighted by atomic mass is 32.2. The Morgan fingerprint density at radius 1 is 1.04 bits per heavy atom. The molecule has 1 aliphatic heterocycles. The molecule has 1 heterocycles. The van der Waals surface area contributed by atoms with Crippen molar-refractivity contribution in [3.63, 3.8) is 0 Å². The minimum Gasteiger partial charge on any atom is -0.506 e. The van der Waals surface area contributed by atoms with E-state index in [4.69, 9.17) is 0 Å². The fourth-order valence-electron chi connectivity index (χ4n) is 3.12. The third-order valence-corrected chi connectivity index (χ3v) is 5.98. The molecule has 2 aromatic rings. The van der Waals surface area contributed by atoms with Gasteiger partial charge in [0.1, 0.15) is 11.4 Å². The Kier molecular flexibility index (Phi) is 5.19. The van der Waals surface area contributed by atoms with Crippen molar-refractivity contribution in [2.75, 3.05) is 43.0 Å². The second-order valence-electron chi connectivity index (χ2n) is 6.08. The first-order valence-corrected chi connectivity index (χ1v) is 9.81. The second kappa shape index (κ2) is 7.41. The monoisotopic (exact) mass is 392 g/mol. The predicted molar refractivity (Wildman–Crippen MR) is 102 cm³/mol. The van der Waals surface area contributed by atoms with Gasteiger partial charge in [0, 0.05) is 32.2 Å². The molecule has 0 aromatic heterocycles. The van der Waals surface area contributed by atoms with E-state index in [1.807, 2.05) is 21.9 Å². The summed E-state index contributed by atoms with van der Waals surface area (Å²) in [5, 5.41) is 21.5. The molecular formula is C17H20N4O5S. The van der Waals surface area contributed by atoms with Gasteiger partial charge < -0.3 is 14.9 Å². The van der Waals surface area contributed by atoms with Gasteiger partial charge in [0.2, 0.25) is 10.0 Å². The van der Waals surface area contributed by atoms with Gasteiger partial charge in [-0.25, -0.2) is 13.1 Å². The SMILES string of the molecule is CNS(=O)(=O)c1ccc(N2CCN(c3ccccc3O)CC2)c([N+](=O)[O-])c1. The van der Waals surface area contributed by atoms with Crippen LogP contribution in [0.1, 0.15) is 0 Å². The Morgan fingerprint density at radius 3 is 2.19 bits per heavy atom. The van der Waals surface area contributed by atoms with Gasteiger partial charge in [-0.15, -0.1) is 0 Å². The van der Waals surface area contributed by atoms with Crippen LogP contribution in [0.4, 0.5) is 17.1 Å². The number of hydrogen-bond acceptors (Lipinski definition) is 7. The predicted octanol–water partition coefficient (Wildman–Crippen LogP) is 1.54. The number of hydrogen-bond donors (Lipinski definition) is 2. The summed E-state index contributed by atoms with van der Waals surface area (Å²) in [6, 6.07) is 10.9. The summed E-state index contributed by atoms with van der Waals surface area (Å²) in [5.74, 6) is 0.193. The lowest BCUT2D eigenvalue weighted by Crippen LogP contribution is -2.46. The lowest BCUT2D eigenvalue weighted by atomic mass is 10.2. The largest absolute Gasteiger partial charge is 0.506 e. The zero-order chi connectivity index (χ0) is 19.6. The number of benzene rings is 2. The number of anilines is 2. The highest BCUT2D eigenvalue weighted by Crippen LogP contribution is 2.33. The summed E-state index contributed by atoms with van der Waals surface area (Å²) in [5.41, 5.74) is 0.858. The fraction of sp³-hybridized carbons (Fsp3) is 0.294. The van der Waals surface area contributed by atoms with Crippen molar-refractivity contribution >= 4 is 27.1 Å². The molecule has 3 rings (SSSR count). The van der Waals surface area contributed by atoms with Crippen molar-refractivity contribution in [2.45, 2.75) is 4.90 Å². The van der Waals surface area contributed by atoms with Crippen LogP contribution in [0.5, 0.6) is 5.75 Å². The normalized spacial score (nSPS) is 15.0. The van der Waals surface area contributed by atoms with Crippen LogP contribution < -0.4 is 14.5 Å². The third-order valence-electron chi connectivity index (χ3n) is 4.57. The molecular weight excluding hydrogens is 372 g/mol. The molecule has 0 unspecified atom stereocenters. The summed E-state index contributed by atoms with van der Waals surface area (Å²) >= 11 is 0. The van der Waals surface area contributed by atoms with E-state index in [9.17, 15) is 23.6 Å². The lowest BCUT2D eigenvalue weighted by molar-refractivity contribution is -0.384. The average molecular weight is 392 g/mol. The summed E-state index contributed by atoms with van der Waals surface area (Å²) in [6.45, 7) is 2.16. The van der Waals surface area contributed by atoms with E-state index in [0.29, 0.717) is 31.9 Å².